The third kappa shape index (κ3) is 1.28. The Balaban J connectivity index is 1.85. The lowest BCUT2D eigenvalue weighted by molar-refractivity contribution is 0.0111. The quantitative estimate of drug-likeness (QED) is 0.701. The van der Waals surface area contributed by atoms with E-state index in [1.807, 2.05) is 0 Å². The molecule has 1 aliphatic heterocycles. The van der Waals surface area contributed by atoms with Gasteiger partial charge < -0.3 is 4.84 Å². The van der Waals surface area contributed by atoms with Gasteiger partial charge in [-0.05, 0) is 42.4 Å². The normalized spacial score (nSPS) is 45.1. The van der Waals surface area contributed by atoms with Crippen molar-refractivity contribution in [3.8, 4) is 0 Å². The molecule has 0 amide bonds. The molecular formula is C14H23NO. The zero-order valence-electron chi connectivity index (χ0n) is 10.8. The van der Waals surface area contributed by atoms with Crippen molar-refractivity contribution in [1.82, 2.24) is 0 Å². The molecule has 0 saturated heterocycles. The van der Waals surface area contributed by atoms with Crippen molar-refractivity contribution in [3.05, 3.63) is 0 Å². The van der Waals surface area contributed by atoms with Crippen LogP contribution >= 0.6 is 0 Å². The second-order valence-corrected chi connectivity index (χ2v) is 6.57. The van der Waals surface area contributed by atoms with Gasteiger partial charge in [-0.3, -0.25) is 0 Å². The van der Waals surface area contributed by atoms with Crippen LogP contribution in [0.2, 0.25) is 0 Å². The van der Waals surface area contributed by atoms with Gasteiger partial charge in [0.1, 0.15) is 6.10 Å². The van der Waals surface area contributed by atoms with Gasteiger partial charge in [0.2, 0.25) is 0 Å². The minimum absolute atomic E-state index is 0.442. The average Bonchev–Trinajstić information content (AvgIpc) is 2.87. The SMILES string of the molecule is CC(C)C1=NOC2C3CC(C(C)C)C(C3)C12. The van der Waals surface area contributed by atoms with Crippen LogP contribution < -0.4 is 0 Å². The van der Waals surface area contributed by atoms with E-state index in [2.05, 4.69) is 32.9 Å². The summed E-state index contributed by atoms with van der Waals surface area (Å²) in [6.45, 7) is 9.26. The molecule has 3 aliphatic rings. The van der Waals surface area contributed by atoms with Gasteiger partial charge in [-0.1, -0.05) is 32.9 Å². The highest BCUT2D eigenvalue weighted by atomic mass is 16.6. The van der Waals surface area contributed by atoms with Crippen LogP contribution in [0.4, 0.5) is 0 Å². The molecule has 16 heavy (non-hydrogen) atoms. The number of hydrogen-bond acceptors (Lipinski definition) is 2. The number of oxime groups is 1. The van der Waals surface area contributed by atoms with Crippen LogP contribution in [0.5, 0.6) is 0 Å². The molecule has 2 bridgehead atoms. The molecule has 5 atom stereocenters. The largest absolute Gasteiger partial charge is 0.392 e. The van der Waals surface area contributed by atoms with Crippen molar-refractivity contribution >= 4 is 5.71 Å². The smallest absolute Gasteiger partial charge is 0.138 e. The summed E-state index contributed by atoms with van der Waals surface area (Å²) in [5.41, 5.74) is 1.35. The summed E-state index contributed by atoms with van der Waals surface area (Å²) in [6.07, 6.45) is 3.21. The number of nitrogens with zero attached hydrogens (tertiary/aromatic N) is 1. The molecule has 2 nitrogen and oxygen atoms in total. The summed E-state index contributed by atoms with van der Waals surface area (Å²) in [5.74, 6) is 4.61. The minimum Gasteiger partial charge on any atom is -0.392 e. The van der Waals surface area contributed by atoms with E-state index in [-0.39, 0.29) is 0 Å². The fourth-order valence-electron chi connectivity index (χ4n) is 4.34. The van der Waals surface area contributed by atoms with Gasteiger partial charge in [-0.25, -0.2) is 0 Å². The molecule has 0 radical (unpaired) electrons. The molecule has 0 aromatic carbocycles. The molecule has 90 valence electrons. The summed E-state index contributed by atoms with van der Waals surface area (Å²) in [6, 6.07) is 0. The van der Waals surface area contributed by atoms with Gasteiger partial charge >= 0.3 is 0 Å². The summed E-state index contributed by atoms with van der Waals surface area (Å²) in [4.78, 5) is 5.70. The van der Waals surface area contributed by atoms with E-state index in [9.17, 15) is 0 Å². The van der Waals surface area contributed by atoms with Gasteiger partial charge in [0.25, 0.3) is 0 Å². The Morgan fingerprint density at radius 2 is 1.94 bits per heavy atom. The lowest BCUT2D eigenvalue weighted by atomic mass is 9.71. The Labute approximate surface area is 98.4 Å². The van der Waals surface area contributed by atoms with Crippen LogP contribution in [0.1, 0.15) is 40.5 Å². The molecule has 0 spiro atoms. The average molecular weight is 221 g/mol. The van der Waals surface area contributed by atoms with Crippen molar-refractivity contribution in [1.29, 1.82) is 0 Å². The lowest BCUT2D eigenvalue weighted by Crippen LogP contribution is -2.37. The summed E-state index contributed by atoms with van der Waals surface area (Å²) in [7, 11) is 0. The fourth-order valence-corrected chi connectivity index (χ4v) is 4.34. The maximum atomic E-state index is 5.70. The summed E-state index contributed by atoms with van der Waals surface area (Å²) in [5, 5.41) is 4.37. The first kappa shape index (κ1) is 10.6. The highest BCUT2D eigenvalue weighted by molar-refractivity contribution is 5.90. The number of hydrogen-bond donors (Lipinski definition) is 0. The second kappa shape index (κ2) is 3.48. The van der Waals surface area contributed by atoms with Crippen molar-refractivity contribution in [2.24, 2.45) is 40.7 Å². The molecule has 0 aromatic heterocycles. The van der Waals surface area contributed by atoms with Gasteiger partial charge in [0.15, 0.2) is 0 Å². The van der Waals surface area contributed by atoms with Crippen molar-refractivity contribution < 1.29 is 4.84 Å². The fraction of sp³-hybridized carbons (Fsp3) is 0.929. The molecule has 5 unspecified atom stereocenters. The molecule has 2 heteroatoms. The standard InChI is InChI=1S/C14H23NO/c1-7(2)10-5-9-6-11(10)12-13(8(3)4)15-16-14(9)12/h7-12,14H,5-6H2,1-4H3. The summed E-state index contributed by atoms with van der Waals surface area (Å²) >= 11 is 0. The van der Waals surface area contributed by atoms with E-state index in [1.165, 1.54) is 18.6 Å². The van der Waals surface area contributed by atoms with E-state index in [0.717, 1.165) is 23.7 Å². The lowest BCUT2D eigenvalue weighted by Gasteiger charge is -2.33. The van der Waals surface area contributed by atoms with Gasteiger partial charge in [-0.2, -0.15) is 0 Å². The highest BCUT2D eigenvalue weighted by Gasteiger charge is 2.58. The van der Waals surface area contributed by atoms with Crippen molar-refractivity contribution in [3.63, 3.8) is 0 Å². The Hall–Kier alpha value is -0.530. The number of rotatable bonds is 2. The number of fused-ring (bicyclic) bond motifs is 5. The van der Waals surface area contributed by atoms with Crippen LogP contribution in [0.15, 0.2) is 5.16 Å². The third-order valence-corrected chi connectivity index (χ3v) is 5.05. The molecule has 3 rings (SSSR count). The maximum Gasteiger partial charge on any atom is 0.138 e. The van der Waals surface area contributed by atoms with Crippen molar-refractivity contribution in [2.75, 3.05) is 0 Å². The first-order valence-corrected chi connectivity index (χ1v) is 6.83. The van der Waals surface area contributed by atoms with E-state index in [1.54, 1.807) is 0 Å². The molecule has 0 aromatic rings. The van der Waals surface area contributed by atoms with Crippen LogP contribution in [-0.4, -0.2) is 11.8 Å². The Morgan fingerprint density at radius 1 is 1.19 bits per heavy atom. The van der Waals surface area contributed by atoms with Crippen LogP contribution in [-0.2, 0) is 4.84 Å². The minimum atomic E-state index is 0.442. The molecular weight excluding hydrogens is 198 g/mol. The Morgan fingerprint density at radius 3 is 2.56 bits per heavy atom. The molecule has 2 aliphatic carbocycles. The monoisotopic (exact) mass is 221 g/mol. The van der Waals surface area contributed by atoms with Gasteiger partial charge in [-0.15, -0.1) is 0 Å². The van der Waals surface area contributed by atoms with Crippen LogP contribution in [0, 0.1) is 35.5 Å². The topological polar surface area (TPSA) is 21.6 Å². The molecule has 0 N–H and O–H groups in total. The zero-order chi connectivity index (χ0) is 11.4. The highest BCUT2D eigenvalue weighted by Crippen LogP contribution is 2.57. The first-order valence-electron chi connectivity index (χ1n) is 6.83. The van der Waals surface area contributed by atoms with E-state index >= 15 is 0 Å². The Bertz CT molecular complexity index is 321. The van der Waals surface area contributed by atoms with E-state index < -0.39 is 0 Å². The van der Waals surface area contributed by atoms with Crippen LogP contribution in [0.3, 0.4) is 0 Å². The van der Waals surface area contributed by atoms with E-state index in [4.69, 9.17) is 4.84 Å². The summed E-state index contributed by atoms with van der Waals surface area (Å²) < 4.78 is 0. The van der Waals surface area contributed by atoms with E-state index in [0.29, 0.717) is 17.9 Å². The Kier molecular flexibility index (Phi) is 2.31. The third-order valence-electron chi connectivity index (χ3n) is 5.05. The molecule has 2 fully saturated rings. The predicted octanol–water partition coefficient (Wildman–Crippen LogP) is 3.33. The predicted molar refractivity (Wildman–Crippen MR) is 65.2 cm³/mol. The van der Waals surface area contributed by atoms with Gasteiger partial charge in [0, 0.05) is 5.92 Å². The van der Waals surface area contributed by atoms with Crippen LogP contribution in [0.25, 0.3) is 0 Å². The zero-order valence-corrected chi connectivity index (χ0v) is 10.8. The maximum absolute atomic E-state index is 5.70. The molecule has 1 heterocycles. The first-order chi connectivity index (χ1) is 7.59. The van der Waals surface area contributed by atoms with Crippen molar-refractivity contribution in [2.45, 2.75) is 46.6 Å². The van der Waals surface area contributed by atoms with Gasteiger partial charge in [0.05, 0.1) is 5.71 Å². The second-order valence-electron chi connectivity index (χ2n) is 6.57. The molecule has 2 saturated carbocycles.